The Kier molecular flexibility index (Phi) is 10.4. The molecule has 0 aromatic heterocycles. The predicted molar refractivity (Wildman–Crippen MR) is 134 cm³/mol. The molecule has 32 heavy (non-hydrogen) atoms. The van der Waals surface area contributed by atoms with Gasteiger partial charge in [-0.1, -0.05) is 42.5 Å². The van der Waals surface area contributed by atoms with Crippen molar-refractivity contribution in [3.05, 3.63) is 65.7 Å². The molecule has 1 aliphatic rings. The third-order valence-corrected chi connectivity index (χ3v) is 5.78. The number of hydrogen-bond acceptors (Lipinski definition) is 4. The van der Waals surface area contributed by atoms with E-state index in [4.69, 9.17) is 9.73 Å². The molecule has 2 aromatic carbocycles. The van der Waals surface area contributed by atoms with Gasteiger partial charge in [-0.05, 0) is 43.0 Å². The molecule has 1 fully saturated rings. The quantitative estimate of drug-likeness (QED) is 0.320. The van der Waals surface area contributed by atoms with Crippen LogP contribution in [0.2, 0.25) is 0 Å². The predicted octanol–water partition coefficient (Wildman–Crippen LogP) is 3.49. The molecule has 2 aromatic rings. The fourth-order valence-electron chi connectivity index (χ4n) is 3.86. The van der Waals surface area contributed by atoms with Crippen LogP contribution in [0.4, 0.5) is 5.69 Å². The minimum atomic E-state index is 0.687. The number of anilines is 1. The van der Waals surface area contributed by atoms with E-state index in [-0.39, 0.29) is 0 Å². The van der Waals surface area contributed by atoms with Crippen molar-refractivity contribution >= 4 is 11.6 Å². The van der Waals surface area contributed by atoms with Gasteiger partial charge in [0.2, 0.25) is 0 Å². The van der Waals surface area contributed by atoms with E-state index >= 15 is 0 Å². The molecular formula is C26H39N5O. The lowest BCUT2D eigenvalue weighted by atomic mass is 10.1. The average molecular weight is 438 g/mol. The Morgan fingerprint density at radius 2 is 1.69 bits per heavy atom. The summed E-state index contributed by atoms with van der Waals surface area (Å²) in [6.45, 7) is 10.3. The minimum Gasteiger partial charge on any atom is -0.379 e. The van der Waals surface area contributed by atoms with Crippen molar-refractivity contribution in [3.63, 3.8) is 0 Å². The molecule has 1 aliphatic heterocycles. The lowest BCUT2D eigenvalue weighted by Crippen LogP contribution is -2.38. The second-order valence-electron chi connectivity index (χ2n) is 8.24. The Balaban J connectivity index is 1.45. The first kappa shape index (κ1) is 24.1. The number of rotatable bonds is 11. The average Bonchev–Trinajstić information content (AvgIpc) is 2.84. The first-order valence-electron chi connectivity index (χ1n) is 11.9. The Morgan fingerprint density at radius 1 is 0.969 bits per heavy atom. The maximum Gasteiger partial charge on any atom is 0.191 e. The molecule has 0 bridgehead atoms. The van der Waals surface area contributed by atoms with E-state index < -0.39 is 0 Å². The summed E-state index contributed by atoms with van der Waals surface area (Å²) in [7, 11) is 2.16. The number of ether oxygens (including phenoxy) is 1. The van der Waals surface area contributed by atoms with Crippen LogP contribution in [0.25, 0.3) is 0 Å². The minimum absolute atomic E-state index is 0.687. The zero-order chi connectivity index (χ0) is 22.4. The van der Waals surface area contributed by atoms with Gasteiger partial charge in [0.05, 0.1) is 19.8 Å². The third-order valence-electron chi connectivity index (χ3n) is 5.78. The fraction of sp³-hybridized carbons (Fsp3) is 0.500. The van der Waals surface area contributed by atoms with Crippen molar-refractivity contribution < 1.29 is 4.74 Å². The van der Waals surface area contributed by atoms with Gasteiger partial charge in [-0.25, -0.2) is 4.99 Å². The molecule has 0 unspecified atom stereocenters. The second-order valence-corrected chi connectivity index (χ2v) is 8.24. The molecule has 6 heteroatoms. The van der Waals surface area contributed by atoms with Gasteiger partial charge in [-0.2, -0.15) is 0 Å². The SMILES string of the molecule is CCNC(=NCc1ccccc1CN1CCOCC1)NCCCCN(C)c1ccccc1. The highest BCUT2D eigenvalue weighted by atomic mass is 16.5. The van der Waals surface area contributed by atoms with Crippen LogP contribution in [0.15, 0.2) is 59.6 Å². The van der Waals surface area contributed by atoms with Gasteiger partial charge in [-0.15, -0.1) is 0 Å². The second kappa shape index (κ2) is 13.8. The van der Waals surface area contributed by atoms with E-state index in [1.54, 1.807) is 0 Å². The van der Waals surface area contributed by atoms with Gasteiger partial charge in [-0.3, -0.25) is 4.90 Å². The number of hydrogen-bond donors (Lipinski definition) is 2. The first-order valence-corrected chi connectivity index (χ1v) is 11.9. The Labute approximate surface area is 193 Å². The standard InChI is InChI=1S/C26H39N5O/c1-3-27-26(28-15-9-10-16-30(2)25-13-5-4-6-14-25)29-21-23-11-7-8-12-24(23)22-31-17-19-32-20-18-31/h4-8,11-14H,3,9-10,15-22H2,1-2H3,(H2,27,28,29). The third kappa shape index (κ3) is 8.17. The van der Waals surface area contributed by atoms with Crippen LogP contribution in [0.5, 0.6) is 0 Å². The number of nitrogens with zero attached hydrogens (tertiary/aromatic N) is 3. The van der Waals surface area contributed by atoms with Crippen molar-refractivity contribution in [1.82, 2.24) is 15.5 Å². The van der Waals surface area contributed by atoms with E-state index in [2.05, 4.69) is 89.0 Å². The number of benzene rings is 2. The Hall–Kier alpha value is -2.57. The molecule has 1 heterocycles. The fourth-order valence-corrected chi connectivity index (χ4v) is 3.86. The normalized spacial score (nSPS) is 14.9. The van der Waals surface area contributed by atoms with Gasteiger partial charge in [0.15, 0.2) is 5.96 Å². The van der Waals surface area contributed by atoms with Crippen LogP contribution in [0.1, 0.15) is 30.9 Å². The number of unbranched alkanes of at least 4 members (excludes halogenated alkanes) is 1. The van der Waals surface area contributed by atoms with Gasteiger partial charge < -0.3 is 20.3 Å². The highest BCUT2D eigenvalue weighted by molar-refractivity contribution is 5.79. The largest absolute Gasteiger partial charge is 0.379 e. The number of nitrogens with one attached hydrogen (secondary N) is 2. The van der Waals surface area contributed by atoms with E-state index in [0.29, 0.717) is 6.54 Å². The summed E-state index contributed by atoms with van der Waals surface area (Å²) in [6.07, 6.45) is 2.25. The topological polar surface area (TPSA) is 52.1 Å². The van der Waals surface area contributed by atoms with Gasteiger partial charge in [0.1, 0.15) is 0 Å². The molecule has 6 nitrogen and oxygen atoms in total. The van der Waals surface area contributed by atoms with Crippen molar-refractivity contribution in [3.8, 4) is 0 Å². The summed E-state index contributed by atoms with van der Waals surface area (Å²) in [6, 6.07) is 19.2. The van der Waals surface area contributed by atoms with Crippen molar-refractivity contribution in [2.45, 2.75) is 32.9 Å². The van der Waals surface area contributed by atoms with Crippen molar-refractivity contribution in [2.24, 2.45) is 4.99 Å². The summed E-state index contributed by atoms with van der Waals surface area (Å²) >= 11 is 0. The van der Waals surface area contributed by atoms with E-state index in [1.807, 2.05) is 0 Å². The Bertz CT molecular complexity index is 805. The summed E-state index contributed by atoms with van der Waals surface area (Å²) in [4.78, 5) is 9.63. The van der Waals surface area contributed by atoms with E-state index in [1.165, 1.54) is 16.8 Å². The highest BCUT2D eigenvalue weighted by Gasteiger charge is 2.12. The maximum absolute atomic E-state index is 5.48. The van der Waals surface area contributed by atoms with Crippen LogP contribution >= 0.6 is 0 Å². The summed E-state index contributed by atoms with van der Waals surface area (Å²) in [5.74, 6) is 0.894. The highest BCUT2D eigenvalue weighted by Crippen LogP contribution is 2.14. The number of para-hydroxylation sites is 1. The molecule has 0 spiro atoms. The molecule has 0 radical (unpaired) electrons. The number of aliphatic imine (C=N–C) groups is 1. The van der Waals surface area contributed by atoms with Crippen LogP contribution < -0.4 is 15.5 Å². The molecular weight excluding hydrogens is 398 g/mol. The smallest absolute Gasteiger partial charge is 0.191 e. The summed E-state index contributed by atoms with van der Waals surface area (Å²) in [5.41, 5.74) is 3.92. The molecule has 3 rings (SSSR count). The molecule has 1 saturated heterocycles. The van der Waals surface area contributed by atoms with E-state index in [9.17, 15) is 0 Å². The molecule has 0 saturated carbocycles. The molecule has 2 N–H and O–H groups in total. The van der Waals surface area contributed by atoms with E-state index in [0.717, 1.165) is 71.3 Å². The molecule has 0 amide bonds. The maximum atomic E-state index is 5.48. The van der Waals surface area contributed by atoms with Crippen LogP contribution in [-0.4, -0.2) is 63.8 Å². The van der Waals surface area contributed by atoms with Crippen molar-refractivity contribution in [2.75, 3.05) is 57.9 Å². The van der Waals surface area contributed by atoms with Crippen LogP contribution in [0.3, 0.4) is 0 Å². The molecule has 174 valence electrons. The van der Waals surface area contributed by atoms with Crippen LogP contribution in [-0.2, 0) is 17.8 Å². The van der Waals surface area contributed by atoms with Gasteiger partial charge in [0, 0.05) is 52.0 Å². The number of guanidine groups is 1. The zero-order valence-corrected chi connectivity index (χ0v) is 19.7. The van der Waals surface area contributed by atoms with Gasteiger partial charge >= 0.3 is 0 Å². The molecule has 0 aliphatic carbocycles. The summed E-state index contributed by atoms with van der Waals surface area (Å²) < 4.78 is 5.48. The summed E-state index contributed by atoms with van der Waals surface area (Å²) in [5, 5.41) is 6.88. The first-order chi connectivity index (χ1) is 15.8. The zero-order valence-electron chi connectivity index (χ0n) is 19.7. The number of morpholine rings is 1. The van der Waals surface area contributed by atoms with Crippen LogP contribution in [0, 0.1) is 0 Å². The lowest BCUT2D eigenvalue weighted by Gasteiger charge is -2.27. The lowest BCUT2D eigenvalue weighted by molar-refractivity contribution is 0.0341. The van der Waals surface area contributed by atoms with Crippen molar-refractivity contribution in [1.29, 1.82) is 0 Å². The molecule has 0 atom stereocenters. The Morgan fingerprint density at radius 3 is 2.44 bits per heavy atom. The monoisotopic (exact) mass is 437 g/mol. The van der Waals surface area contributed by atoms with Gasteiger partial charge in [0.25, 0.3) is 0 Å².